The van der Waals surface area contributed by atoms with Crippen molar-refractivity contribution in [1.29, 1.82) is 0 Å². The van der Waals surface area contributed by atoms with E-state index in [0.717, 1.165) is 5.56 Å². The molecular weight excluding hydrogens is 314 g/mol. The predicted molar refractivity (Wildman–Crippen MR) is 87.1 cm³/mol. The van der Waals surface area contributed by atoms with Gasteiger partial charge in [0, 0.05) is 0 Å². The molecule has 0 bridgehead atoms. The molecule has 2 N–H and O–H groups in total. The second-order valence-corrected chi connectivity index (χ2v) is 4.92. The highest BCUT2D eigenvalue weighted by atomic mass is 16.5. The molecule has 0 saturated heterocycles. The lowest BCUT2D eigenvalue weighted by Gasteiger charge is -2.19. The van der Waals surface area contributed by atoms with E-state index in [2.05, 4.69) is 15.3 Å². The number of benzene rings is 1. The third-order valence-corrected chi connectivity index (χ3v) is 3.42. The number of anilines is 1. The minimum Gasteiger partial charge on any atom is -0.493 e. The molecule has 0 saturated carbocycles. The van der Waals surface area contributed by atoms with Crippen molar-refractivity contribution >= 4 is 11.8 Å². The molecule has 0 aliphatic carbocycles. The van der Waals surface area contributed by atoms with Gasteiger partial charge in [-0.2, -0.15) is 0 Å². The molecule has 24 heavy (non-hydrogen) atoms. The minimum atomic E-state index is -1.12. The Hall–Kier alpha value is -3.03. The molecule has 0 amide bonds. The summed E-state index contributed by atoms with van der Waals surface area (Å²) in [7, 11) is 4.64. The molecule has 1 aromatic carbocycles. The lowest BCUT2D eigenvalue weighted by Crippen LogP contribution is -2.10. The first-order chi connectivity index (χ1) is 11.5. The predicted octanol–water partition coefficient (Wildman–Crippen LogP) is 2.37. The van der Waals surface area contributed by atoms with Gasteiger partial charge in [-0.15, -0.1) is 0 Å². The van der Waals surface area contributed by atoms with Crippen LogP contribution >= 0.6 is 0 Å². The van der Waals surface area contributed by atoms with Crippen LogP contribution in [0.2, 0.25) is 0 Å². The highest BCUT2D eigenvalue weighted by molar-refractivity contribution is 5.84. The third-order valence-electron chi connectivity index (χ3n) is 3.42. The van der Waals surface area contributed by atoms with E-state index in [-0.39, 0.29) is 11.7 Å². The Morgan fingerprint density at radius 1 is 1.08 bits per heavy atom. The minimum absolute atomic E-state index is 0.110. The van der Waals surface area contributed by atoms with Crippen LogP contribution in [0.1, 0.15) is 29.0 Å². The second-order valence-electron chi connectivity index (χ2n) is 4.92. The molecule has 1 aromatic heterocycles. The first-order valence-electron chi connectivity index (χ1n) is 7.12. The highest BCUT2D eigenvalue weighted by Gasteiger charge is 2.17. The summed E-state index contributed by atoms with van der Waals surface area (Å²) in [6.07, 6.45) is 2.57. The average molecular weight is 333 g/mol. The van der Waals surface area contributed by atoms with E-state index in [4.69, 9.17) is 19.3 Å². The topological polar surface area (TPSA) is 103 Å². The van der Waals surface area contributed by atoms with Gasteiger partial charge >= 0.3 is 5.97 Å². The van der Waals surface area contributed by atoms with E-state index in [9.17, 15) is 4.79 Å². The maximum atomic E-state index is 10.8. The molecule has 2 aromatic rings. The van der Waals surface area contributed by atoms with Crippen molar-refractivity contribution in [2.75, 3.05) is 26.6 Å². The van der Waals surface area contributed by atoms with Crippen molar-refractivity contribution in [3.63, 3.8) is 0 Å². The molecule has 0 radical (unpaired) electrons. The van der Waals surface area contributed by atoms with E-state index in [1.165, 1.54) is 12.4 Å². The maximum absolute atomic E-state index is 10.8. The number of nitrogens with zero attached hydrogens (tertiary/aromatic N) is 2. The van der Waals surface area contributed by atoms with Crippen LogP contribution in [-0.2, 0) is 0 Å². The van der Waals surface area contributed by atoms with Crippen LogP contribution in [0.3, 0.4) is 0 Å². The molecule has 1 unspecified atom stereocenters. The molecular formula is C16H19N3O5. The zero-order chi connectivity index (χ0) is 17.7. The monoisotopic (exact) mass is 333 g/mol. The van der Waals surface area contributed by atoms with E-state index >= 15 is 0 Å². The number of aromatic carboxylic acids is 1. The van der Waals surface area contributed by atoms with Gasteiger partial charge in [-0.3, -0.25) is 0 Å². The number of hydrogen-bond donors (Lipinski definition) is 2. The Morgan fingerprint density at radius 3 is 2.12 bits per heavy atom. The van der Waals surface area contributed by atoms with Crippen LogP contribution in [0.15, 0.2) is 24.5 Å². The van der Waals surface area contributed by atoms with Gasteiger partial charge in [-0.05, 0) is 24.6 Å². The van der Waals surface area contributed by atoms with Crippen molar-refractivity contribution in [2.24, 2.45) is 0 Å². The quantitative estimate of drug-likeness (QED) is 0.796. The van der Waals surface area contributed by atoms with E-state index in [0.29, 0.717) is 23.1 Å². The SMILES string of the molecule is COc1cc(C(C)Nc2cnc(C(=O)O)cn2)cc(OC)c1OC. The van der Waals surface area contributed by atoms with Crippen LogP contribution < -0.4 is 19.5 Å². The van der Waals surface area contributed by atoms with Crippen LogP contribution in [0, 0.1) is 0 Å². The molecule has 8 heteroatoms. The van der Waals surface area contributed by atoms with Crippen molar-refractivity contribution < 1.29 is 24.1 Å². The number of ether oxygens (including phenoxy) is 3. The van der Waals surface area contributed by atoms with Crippen molar-refractivity contribution in [2.45, 2.75) is 13.0 Å². The molecule has 0 spiro atoms. The molecule has 0 aliphatic rings. The average Bonchev–Trinajstić information content (AvgIpc) is 2.60. The van der Waals surface area contributed by atoms with Crippen LogP contribution in [-0.4, -0.2) is 42.4 Å². The summed E-state index contributed by atoms with van der Waals surface area (Å²) >= 11 is 0. The van der Waals surface area contributed by atoms with E-state index < -0.39 is 5.97 Å². The van der Waals surface area contributed by atoms with Gasteiger partial charge in [0.25, 0.3) is 0 Å². The first kappa shape index (κ1) is 17.3. The number of methoxy groups -OCH3 is 3. The summed E-state index contributed by atoms with van der Waals surface area (Å²) < 4.78 is 16.0. The fraction of sp³-hybridized carbons (Fsp3) is 0.312. The Morgan fingerprint density at radius 2 is 1.71 bits per heavy atom. The Labute approximate surface area is 139 Å². The van der Waals surface area contributed by atoms with Crippen LogP contribution in [0.25, 0.3) is 0 Å². The van der Waals surface area contributed by atoms with Gasteiger partial charge < -0.3 is 24.6 Å². The van der Waals surface area contributed by atoms with Crippen LogP contribution in [0.5, 0.6) is 17.2 Å². The summed E-state index contributed by atoms with van der Waals surface area (Å²) in [5.41, 5.74) is 0.773. The fourth-order valence-corrected chi connectivity index (χ4v) is 2.17. The maximum Gasteiger partial charge on any atom is 0.356 e. The van der Waals surface area contributed by atoms with Crippen molar-refractivity contribution in [1.82, 2.24) is 9.97 Å². The molecule has 8 nitrogen and oxygen atoms in total. The van der Waals surface area contributed by atoms with Crippen molar-refractivity contribution in [3.8, 4) is 17.2 Å². The number of carboxylic acids is 1. The standard InChI is InChI=1S/C16H19N3O5/c1-9(19-14-8-17-11(7-18-14)16(20)21)10-5-12(22-2)15(24-4)13(6-10)23-3/h5-9H,1-4H3,(H,18,19)(H,20,21). The number of rotatable bonds is 7. The lowest BCUT2D eigenvalue weighted by atomic mass is 10.1. The van der Waals surface area contributed by atoms with Gasteiger partial charge in [-0.1, -0.05) is 0 Å². The normalized spacial score (nSPS) is 11.5. The largest absolute Gasteiger partial charge is 0.493 e. The van der Waals surface area contributed by atoms with Gasteiger partial charge in [-0.25, -0.2) is 14.8 Å². The third kappa shape index (κ3) is 3.65. The number of nitrogens with one attached hydrogen (secondary N) is 1. The first-order valence-corrected chi connectivity index (χ1v) is 7.12. The summed E-state index contributed by atoms with van der Waals surface area (Å²) in [5, 5.41) is 12.0. The molecule has 1 atom stereocenters. The molecule has 0 aliphatic heterocycles. The Kier molecular flexibility index (Phi) is 5.41. The zero-order valence-electron chi connectivity index (χ0n) is 13.9. The highest BCUT2D eigenvalue weighted by Crippen LogP contribution is 2.40. The van der Waals surface area contributed by atoms with Gasteiger partial charge in [0.05, 0.1) is 39.8 Å². The van der Waals surface area contributed by atoms with E-state index in [1.54, 1.807) is 21.3 Å². The van der Waals surface area contributed by atoms with Gasteiger partial charge in [0.15, 0.2) is 17.2 Å². The number of hydrogen-bond acceptors (Lipinski definition) is 7. The van der Waals surface area contributed by atoms with Crippen LogP contribution in [0.4, 0.5) is 5.82 Å². The number of aromatic nitrogens is 2. The fourth-order valence-electron chi connectivity index (χ4n) is 2.17. The zero-order valence-corrected chi connectivity index (χ0v) is 13.9. The molecule has 0 fully saturated rings. The van der Waals surface area contributed by atoms with E-state index in [1.807, 2.05) is 19.1 Å². The summed E-state index contributed by atoms with van der Waals surface area (Å²) in [5.74, 6) is 0.954. The lowest BCUT2D eigenvalue weighted by molar-refractivity contribution is 0.0690. The summed E-state index contributed by atoms with van der Waals surface area (Å²) in [6, 6.07) is 3.51. The molecule has 128 valence electrons. The van der Waals surface area contributed by atoms with Gasteiger partial charge in [0.2, 0.25) is 5.75 Å². The number of carboxylic acid groups (broad SMARTS) is 1. The molecule has 2 rings (SSSR count). The smallest absolute Gasteiger partial charge is 0.356 e. The summed E-state index contributed by atoms with van der Waals surface area (Å²) in [4.78, 5) is 18.7. The van der Waals surface area contributed by atoms with Gasteiger partial charge in [0.1, 0.15) is 5.82 Å². The Balaban J connectivity index is 2.25. The second kappa shape index (κ2) is 7.49. The Bertz CT molecular complexity index is 693. The summed E-state index contributed by atoms with van der Waals surface area (Å²) in [6.45, 7) is 1.92. The van der Waals surface area contributed by atoms with Crippen molar-refractivity contribution in [3.05, 3.63) is 35.8 Å². The molecule has 1 heterocycles. The number of carbonyl (C=O) groups is 1.